The number of hydrogen-bond acceptors (Lipinski definition) is 6. The lowest BCUT2D eigenvalue weighted by atomic mass is 10.3. The standard InChI is InChI=1S/C13H13ClN2O3S/c1-16(8-6-4-5-7-9(8)18-2)13-15-11(14)10(20-13)12(17)19-3/h4-7H,1-3H3. The van der Waals surface area contributed by atoms with Crippen molar-refractivity contribution in [3.05, 3.63) is 34.3 Å². The number of para-hydroxylation sites is 2. The van der Waals surface area contributed by atoms with Crippen molar-refractivity contribution in [2.24, 2.45) is 0 Å². The molecule has 1 heterocycles. The lowest BCUT2D eigenvalue weighted by Crippen LogP contribution is -2.10. The predicted octanol–water partition coefficient (Wildman–Crippen LogP) is 3.36. The number of esters is 1. The van der Waals surface area contributed by atoms with Crippen molar-refractivity contribution >= 4 is 39.7 Å². The highest BCUT2D eigenvalue weighted by Crippen LogP contribution is 2.36. The molecule has 0 bridgehead atoms. The van der Waals surface area contributed by atoms with Crippen LogP contribution in [-0.2, 0) is 4.74 Å². The third-order valence-electron chi connectivity index (χ3n) is 2.68. The van der Waals surface area contributed by atoms with Crippen LogP contribution in [0.1, 0.15) is 9.67 Å². The minimum atomic E-state index is -0.493. The molecule has 0 aliphatic rings. The normalized spacial score (nSPS) is 10.2. The molecule has 0 saturated heterocycles. The van der Waals surface area contributed by atoms with E-state index in [1.165, 1.54) is 18.4 Å². The van der Waals surface area contributed by atoms with Crippen molar-refractivity contribution in [2.45, 2.75) is 0 Å². The van der Waals surface area contributed by atoms with Crippen LogP contribution in [-0.4, -0.2) is 32.2 Å². The second-order valence-corrected chi connectivity index (χ2v) is 5.17. The van der Waals surface area contributed by atoms with Crippen LogP contribution in [0, 0.1) is 0 Å². The van der Waals surface area contributed by atoms with Crippen LogP contribution >= 0.6 is 22.9 Å². The van der Waals surface area contributed by atoms with E-state index < -0.39 is 5.97 Å². The fourth-order valence-electron chi connectivity index (χ4n) is 1.66. The SMILES string of the molecule is COC(=O)c1sc(N(C)c2ccccc2OC)nc1Cl. The van der Waals surface area contributed by atoms with E-state index in [0.29, 0.717) is 10.9 Å². The van der Waals surface area contributed by atoms with Gasteiger partial charge in [-0.2, -0.15) is 0 Å². The number of methoxy groups -OCH3 is 2. The van der Waals surface area contributed by atoms with E-state index >= 15 is 0 Å². The number of carbonyl (C=O) groups excluding carboxylic acids is 1. The molecule has 0 atom stereocenters. The number of halogens is 1. The fourth-order valence-corrected chi connectivity index (χ4v) is 2.84. The minimum absolute atomic E-state index is 0.138. The molecule has 20 heavy (non-hydrogen) atoms. The summed E-state index contributed by atoms with van der Waals surface area (Å²) in [4.78, 5) is 17.8. The summed E-state index contributed by atoms with van der Waals surface area (Å²) in [5.41, 5.74) is 0.830. The van der Waals surface area contributed by atoms with Gasteiger partial charge in [0.1, 0.15) is 5.75 Å². The molecular formula is C13H13ClN2O3S. The number of nitrogens with zero attached hydrogens (tertiary/aromatic N) is 2. The van der Waals surface area contributed by atoms with Crippen molar-refractivity contribution < 1.29 is 14.3 Å². The summed E-state index contributed by atoms with van der Waals surface area (Å²) < 4.78 is 9.97. The lowest BCUT2D eigenvalue weighted by Gasteiger charge is -2.18. The van der Waals surface area contributed by atoms with Gasteiger partial charge in [0.2, 0.25) is 0 Å². The Morgan fingerprint density at radius 3 is 2.70 bits per heavy atom. The molecule has 0 saturated carbocycles. The fraction of sp³-hybridized carbons (Fsp3) is 0.231. The first-order valence-corrected chi connectivity index (χ1v) is 6.89. The first-order valence-electron chi connectivity index (χ1n) is 5.70. The van der Waals surface area contributed by atoms with Gasteiger partial charge in [-0.1, -0.05) is 35.1 Å². The molecule has 0 N–H and O–H groups in total. The Kier molecular flexibility index (Phi) is 4.46. The summed E-state index contributed by atoms with van der Waals surface area (Å²) >= 11 is 7.13. The summed E-state index contributed by atoms with van der Waals surface area (Å²) in [7, 11) is 4.73. The molecule has 7 heteroatoms. The molecule has 0 aliphatic carbocycles. The monoisotopic (exact) mass is 312 g/mol. The molecule has 1 aromatic carbocycles. The molecule has 106 valence electrons. The quantitative estimate of drug-likeness (QED) is 0.810. The third kappa shape index (κ3) is 2.71. The number of benzene rings is 1. The Hall–Kier alpha value is -1.79. The number of ether oxygens (including phenoxy) is 2. The number of anilines is 2. The highest BCUT2D eigenvalue weighted by Gasteiger charge is 2.20. The molecule has 2 aromatic rings. The summed E-state index contributed by atoms with van der Waals surface area (Å²) in [6, 6.07) is 7.52. The third-order valence-corrected chi connectivity index (χ3v) is 4.18. The van der Waals surface area contributed by atoms with Crippen molar-refractivity contribution in [1.29, 1.82) is 0 Å². The van der Waals surface area contributed by atoms with E-state index in [1.54, 1.807) is 7.11 Å². The largest absolute Gasteiger partial charge is 0.495 e. The Labute approximate surface area is 125 Å². The summed E-state index contributed by atoms with van der Waals surface area (Å²) in [6.45, 7) is 0. The molecule has 5 nitrogen and oxygen atoms in total. The molecule has 0 aliphatic heterocycles. The molecule has 2 rings (SSSR count). The van der Waals surface area contributed by atoms with Gasteiger partial charge in [0, 0.05) is 7.05 Å². The Bertz CT molecular complexity index is 630. The highest BCUT2D eigenvalue weighted by atomic mass is 35.5. The Morgan fingerprint density at radius 1 is 1.35 bits per heavy atom. The number of aromatic nitrogens is 1. The topological polar surface area (TPSA) is 51.7 Å². The second-order valence-electron chi connectivity index (χ2n) is 3.84. The maximum atomic E-state index is 11.6. The van der Waals surface area contributed by atoms with Gasteiger partial charge in [-0.05, 0) is 12.1 Å². The maximum Gasteiger partial charge on any atom is 0.351 e. The van der Waals surface area contributed by atoms with Gasteiger partial charge in [-0.25, -0.2) is 9.78 Å². The average Bonchev–Trinajstić information content (AvgIpc) is 2.87. The van der Waals surface area contributed by atoms with Crippen LogP contribution in [0.2, 0.25) is 5.15 Å². The van der Waals surface area contributed by atoms with Crippen molar-refractivity contribution in [3.63, 3.8) is 0 Å². The van der Waals surface area contributed by atoms with Crippen LogP contribution in [0.4, 0.5) is 10.8 Å². The number of carbonyl (C=O) groups is 1. The molecule has 0 fully saturated rings. The van der Waals surface area contributed by atoms with Gasteiger partial charge in [-0.15, -0.1) is 0 Å². The zero-order valence-corrected chi connectivity index (χ0v) is 12.8. The molecule has 0 radical (unpaired) electrons. The smallest absolute Gasteiger partial charge is 0.351 e. The number of thiazole rings is 1. The minimum Gasteiger partial charge on any atom is -0.495 e. The number of rotatable bonds is 4. The van der Waals surface area contributed by atoms with Gasteiger partial charge in [0.25, 0.3) is 0 Å². The van der Waals surface area contributed by atoms with E-state index in [0.717, 1.165) is 5.69 Å². The van der Waals surface area contributed by atoms with Crippen LogP contribution in [0.5, 0.6) is 5.75 Å². The molecular weight excluding hydrogens is 300 g/mol. The average molecular weight is 313 g/mol. The summed E-state index contributed by atoms with van der Waals surface area (Å²) in [6.07, 6.45) is 0. The van der Waals surface area contributed by atoms with E-state index in [9.17, 15) is 4.79 Å². The predicted molar refractivity (Wildman–Crippen MR) is 79.5 cm³/mol. The van der Waals surface area contributed by atoms with Crippen LogP contribution in [0.3, 0.4) is 0 Å². The molecule has 0 unspecified atom stereocenters. The zero-order valence-electron chi connectivity index (χ0n) is 11.2. The van der Waals surface area contributed by atoms with Crippen LogP contribution in [0.15, 0.2) is 24.3 Å². The lowest BCUT2D eigenvalue weighted by molar-refractivity contribution is 0.0606. The van der Waals surface area contributed by atoms with Gasteiger partial charge in [0.15, 0.2) is 15.2 Å². The summed E-state index contributed by atoms with van der Waals surface area (Å²) in [5.74, 6) is 0.216. The first-order chi connectivity index (χ1) is 9.58. The van der Waals surface area contributed by atoms with Crippen molar-refractivity contribution in [2.75, 3.05) is 26.2 Å². The zero-order chi connectivity index (χ0) is 14.7. The van der Waals surface area contributed by atoms with Gasteiger partial charge in [-0.3, -0.25) is 0 Å². The Morgan fingerprint density at radius 2 is 2.05 bits per heavy atom. The summed E-state index contributed by atoms with van der Waals surface area (Å²) in [5, 5.41) is 0.721. The maximum absolute atomic E-state index is 11.6. The van der Waals surface area contributed by atoms with Crippen LogP contribution < -0.4 is 9.64 Å². The molecule has 1 aromatic heterocycles. The molecule has 0 amide bonds. The van der Waals surface area contributed by atoms with Crippen molar-refractivity contribution in [1.82, 2.24) is 4.98 Å². The second kappa shape index (κ2) is 6.11. The highest BCUT2D eigenvalue weighted by molar-refractivity contribution is 7.18. The van der Waals surface area contributed by atoms with Crippen molar-refractivity contribution in [3.8, 4) is 5.75 Å². The van der Waals surface area contributed by atoms with E-state index in [-0.39, 0.29) is 10.0 Å². The van der Waals surface area contributed by atoms with Crippen LogP contribution in [0.25, 0.3) is 0 Å². The number of hydrogen-bond donors (Lipinski definition) is 0. The van der Waals surface area contributed by atoms with E-state index in [2.05, 4.69) is 9.72 Å². The van der Waals surface area contributed by atoms with Gasteiger partial charge in [0.05, 0.1) is 19.9 Å². The van der Waals surface area contributed by atoms with E-state index in [4.69, 9.17) is 16.3 Å². The first kappa shape index (κ1) is 14.6. The van der Waals surface area contributed by atoms with Gasteiger partial charge >= 0.3 is 5.97 Å². The molecule has 0 spiro atoms. The Balaban J connectivity index is 2.39. The van der Waals surface area contributed by atoms with Gasteiger partial charge < -0.3 is 14.4 Å². The van der Waals surface area contributed by atoms with E-state index in [1.807, 2.05) is 36.2 Å².